The van der Waals surface area contributed by atoms with Gasteiger partial charge >= 0.3 is 0 Å². The van der Waals surface area contributed by atoms with Gasteiger partial charge in [-0.2, -0.15) is 0 Å². The summed E-state index contributed by atoms with van der Waals surface area (Å²) in [5, 5.41) is 3.61. The number of methoxy groups -OCH3 is 1. The van der Waals surface area contributed by atoms with Gasteiger partial charge in [0.05, 0.1) is 6.61 Å². The van der Waals surface area contributed by atoms with Gasteiger partial charge in [0.1, 0.15) is 16.8 Å². The zero-order valence-electron chi connectivity index (χ0n) is 8.54. The van der Waals surface area contributed by atoms with E-state index in [-0.39, 0.29) is 6.04 Å². The molecular formula is C9H14ClN3O. The van der Waals surface area contributed by atoms with E-state index < -0.39 is 0 Å². The topological polar surface area (TPSA) is 47.0 Å². The molecule has 0 spiro atoms. The molecule has 0 amide bonds. The molecule has 78 valence electrons. The van der Waals surface area contributed by atoms with Crippen molar-refractivity contribution in [1.82, 2.24) is 9.97 Å². The highest BCUT2D eigenvalue weighted by Gasteiger charge is 2.04. The highest BCUT2D eigenvalue weighted by atomic mass is 35.5. The number of ether oxygens (including phenoxy) is 1. The van der Waals surface area contributed by atoms with Gasteiger partial charge in [-0.3, -0.25) is 0 Å². The summed E-state index contributed by atoms with van der Waals surface area (Å²) in [6.07, 6.45) is 0. The Hall–Kier alpha value is -0.870. The van der Waals surface area contributed by atoms with Crippen LogP contribution in [0.4, 0.5) is 5.82 Å². The molecule has 0 radical (unpaired) electrons. The Morgan fingerprint density at radius 2 is 2.29 bits per heavy atom. The molecule has 0 saturated carbocycles. The molecule has 0 fully saturated rings. The van der Waals surface area contributed by atoms with Crippen molar-refractivity contribution in [1.29, 1.82) is 0 Å². The largest absolute Gasteiger partial charge is 0.383 e. The van der Waals surface area contributed by atoms with Crippen molar-refractivity contribution in [2.45, 2.75) is 19.9 Å². The molecule has 1 heterocycles. The first-order chi connectivity index (χ1) is 6.61. The van der Waals surface area contributed by atoms with Crippen molar-refractivity contribution in [3.05, 3.63) is 17.0 Å². The fourth-order valence-electron chi connectivity index (χ4n) is 1.15. The number of aryl methyl sites for hydroxylation is 1. The van der Waals surface area contributed by atoms with E-state index in [9.17, 15) is 0 Å². The van der Waals surface area contributed by atoms with Gasteiger partial charge < -0.3 is 10.1 Å². The van der Waals surface area contributed by atoms with Gasteiger partial charge in [-0.1, -0.05) is 11.6 Å². The smallest absolute Gasteiger partial charge is 0.134 e. The van der Waals surface area contributed by atoms with Gasteiger partial charge in [-0.15, -0.1) is 0 Å². The maximum atomic E-state index is 5.79. The van der Waals surface area contributed by atoms with Crippen LogP contribution in [0.15, 0.2) is 6.07 Å². The van der Waals surface area contributed by atoms with Crippen LogP contribution >= 0.6 is 11.6 Å². The highest BCUT2D eigenvalue weighted by molar-refractivity contribution is 6.29. The van der Waals surface area contributed by atoms with E-state index in [0.717, 1.165) is 5.82 Å². The second-order valence-electron chi connectivity index (χ2n) is 3.12. The van der Waals surface area contributed by atoms with Gasteiger partial charge in [-0.05, 0) is 13.8 Å². The van der Waals surface area contributed by atoms with Crippen molar-refractivity contribution in [2.75, 3.05) is 19.0 Å². The number of aromatic nitrogens is 2. The van der Waals surface area contributed by atoms with Gasteiger partial charge in [0.2, 0.25) is 0 Å². The Labute approximate surface area is 88.7 Å². The predicted molar refractivity (Wildman–Crippen MR) is 56.7 cm³/mol. The van der Waals surface area contributed by atoms with Crippen LogP contribution in [-0.2, 0) is 4.74 Å². The number of hydrogen-bond acceptors (Lipinski definition) is 4. The second kappa shape index (κ2) is 5.12. The van der Waals surface area contributed by atoms with Crippen LogP contribution in [0.25, 0.3) is 0 Å². The van der Waals surface area contributed by atoms with E-state index in [1.807, 2.05) is 6.92 Å². The highest BCUT2D eigenvalue weighted by Crippen LogP contribution is 2.11. The van der Waals surface area contributed by atoms with Crippen molar-refractivity contribution in [3.63, 3.8) is 0 Å². The lowest BCUT2D eigenvalue weighted by molar-refractivity contribution is 0.190. The third-order valence-corrected chi connectivity index (χ3v) is 1.81. The van der Waals surface area contributed by atoms with Crippen molar-refractivity contribution >= 4 is 17.4 Å². The molecule has 14 heavy (non-hydrogen) atoms. The third-order valence-electron chi connectivity index (χ3n) is 1.62. The van der Waals surface area contributed by atoms with Crippen LogP contribution in [0, 0.1) is 6.92 Å². The monoisotopic (exact) mass is 215 g/mol. The quantitative estimate of drug-likeness (QED) is 0.780. The summed E-state index contributed by atoms with van der Waals surface area (Å²) in [5.41, 5.74) is 0. The van der Waals surface area contributed by atoms with Crippen LogP contribution in [-0.4, -0.2) is 29.7 Å². The minimum Gasteiger partial charge on any atom is -0.383 e. The number of anilines is 1. The SMILES string of the molecule is COCC(C)Nc1cc(Cl)nc(C)n1. The summed E-state index contributed by atoms with van der Waals surface area (Å²) in [7, 11) is 1.66. The molecule has 0 aliphatic heterocycles. The zero-order valence-corrected chi connectivity index (χ0v) is 9.30. The molecule has 1 atom stereocenters. The first-order valence-electron chi connectivity index (χ1n) is 4.38. The Morgan fingerprint density at radius 1 is 1.57 bits per heavy atom. The molecule has 4 nitrogen and oxygen atoms in total. The molecule has 0 aliphatic carbocycles. The van der Waals surface area contributed by atoms with Crippen LogP contribution in [0.3, 0.4) is 0 Å². The lowest BCUT2D eigenvalue weighted by Gasteiger charge is -2.13. The zero-order chi connectivity index (χ0) is 10.6. The molecule has 1 N–H and O–H groups in total. The van der Waals surface area contributed by atoms with E-state index in [4.69, 9.17) is 16.3 Å². The number of rotatable bonds is 4. The number of nitrogens with one attached hydrogen (secondary N) is 1. The number of hydrogen-bond donors (Lipinski definition) is 1. The van der Waals surface area contributed by atoms with E-state index in [1.165, 1.54) is 0 Å². The molecule has 0 aliphatic rings. The maximum Gasteiger partial charge on any atom is 0.134 e. The van der Waals surface area contributed by atoms with Gasteiger partial charge in [0.15, 0.2) is 0 Å². The second-order valence-corrected chi connectivity index (χ2v) is 3.51. The van der Waals surface area contributed by atoms with Crippen LogP contribution in [0.5, 0.6) is 0 Å². The standard InChI is InChI=1S/C9H14ClN3O/c1-6(5-14-3)11-9-4-8(10)12-7(2)13-9/h4,6H,5H2,1-3H3,(H,11,12,13). The third kappa shape index (κ3) is 3.47. The minimum atomic E-state index is 0.199. The van der Waals surface area contributed by atoms with Gasteiger partial charge in [0, 0.05) is 19.2 Å². The lowest BCUT2D eigenvalue weighted by atomic mass is 10.3. The summed E-state index contributed by atoms with van der Waals surface area (Å²) in [5.74, 6) is 1.39. The van der Waals surface area contributed by atoms with Gasteiger partial charge in [-0.25, -0.2) is 9.97 Å². The van der Waals surface area contributed by atoms with E-state index >= 15 is 0 Å². The molecule has 1 aromatic heterocycles. The average molecular weight is 216 g/mol. The normalized spacial score (nSPS) is 12.6. The fourth-order valence-corrected chi connectivity index (χ4v) is 1.37. The van der Waals surface area contributed by atoms with Crippen LogP contribution < -0.4 is 5.32 Å². The Kier molecular flexibility index (Phi) is 4.10. The molecule has 0 aromatic carbocycles. The summed E-state index contributed by atoms with van der Waals surface area (Å²) in [6, 6.07) is 1.89. The van der Waals surface area contributed by atoms with Gasteiger partial charge in [0.25, 0.3) is 0 Å². The average Bonchev–Trinajstić information content (AvgIpc) is 2.01. The lowest BCUT2D eigenvalue weighted by Crippen LogP contribution is -2.21. The predicted octanol–water partition coefficient (Wildman–Crippen LogP) is 1.89. The summed E-state index contributed by atoms with van der Waals surface area (Å²) < 4.78 is 5.00. The molecule has 0 saturated heterocycles. The van der Waals surface area contributed by atoms with Crippen molar-refractivity contribution in [2.24, 2.45) is 0 Å². The Morgan fingerprint density at radius 3 is 2.86 bits per heavy atom. The summed E-state index contributed by atoms with van der Waals surface area (Å²) >= 11 is 5.79. The van der Waals surface area contributed by atoms with Crippen LogP contribution in [0.1, 0.15) is 12.7 Å². The first-order valence-corrected chi connectivity index (χ1v) is 4.76. The maximum absolute atomic E-state index is 5.79. The van der Waals surface area contributed by atoms with Crippen molar-refractivity contribution in [3.8, 4) is 0 Å². The van der Waals surface area contributed by atoms with E-state index in [0.29, 0.717) is 17.6 Å². The fraction of sp³-hybridized carbons (Fsp3) is 0.556. The molecular weight excluding hydrogens is 202 g/mol. The minimum absolute atomic E-state index is 0.199. The molecule has 1 aromatic rings. The Balaban J connectivity index is 2.66. The summed E-state index contributed by atoms with van der Waals surface area (Å²) in [4.78, 5) is 8.16. The molecule has 1 unspecified atom stereocenters. The number of nitrogens with zero attached hydrogens (tertiary/aromatic N) is 2. The van der Waals surface area contributed by atoms with E-state index in [2.05, 4.69) is 15.3 Å². The molecule has 0 bridgehead atoms. The first kappa shape index (κ1) is 11.2. The number of halogens is 1. The van der Waals surface area contributed by atoms with E-state index in [1.54, 1.807) is 20.1 Å². The molecule has 5 heteroatoms. The van der Waals surface area contributed by atoms with Crippen LogP contribution in [0.2, 0.25) is 5.15 Å². The molecule has 1 rings (SSSR count). The summed E-state index contributed by atoms with van der Waals surface area (Å²) in [6.45, 7) is 4.44. The van der Waals surface area contributed by atoms with Crippen molar-refractivity contribution < 1.29 is 4.74 Å². The Bertz CT molecular complexity index is 286.